The quantitative estimate of drug-likeness (QED) is 0.330. The lowest BCUT2D eigenvalue weighted by Crippen LogP contribution is -2.15. The molecule has 158 valence electrons. The third-order valence-corrected chi connectivity index (χ3v) is 7.18. The zero-order valence-electron chi connectivity index (χ0n) is 14.6. The summed E-state index contributed by atoms with van der Waals surface area (Å²) in [5, 5.41) is 4.22. The molecule has 3 unspecified atom stereocenters. The van der Waals surface area contributed by atoms with Gasteiger partial charge in [-0.1, -0.05) is 0 Å². The molecular weight excluding hydrogens is 441 g/mol. The number of hydrogen-bond acceptors (Lipinski definition) is 9. The summed E-state index contributed by atoms with van der Waals surface area (Å²) < 4.78 is 47.8. The van der Waals surface area contributed by atoms with Gasteiger partial charge in [0.2, 0.25) is 0 Å². The predicted molar refractivity (Wildman–Crippen MR) is 95.1 cm³/mol. The average molecular weight is 460 g/mol. The van der Waals surface area contributed by atoms with Crippen LogP contribution in [0.1, 0.15) is 18.4 Å². The number of aryl methyl sites for hydroxylation is 1. The molecule has 14 nitrogen and oxygen atoms in total. The summed E-state index contributed by atoms with van der Waals surface area (Å²) in [7, 11) is -15.8. The van der Waals surface area contributed by atoms with Crippen molar-refractivity contribution >= 4 is 34.6 Å². The van der Waals surface area contributed by atoms with Crippen molar-refractivity contribution in [2.75, 3.05) is 12.1 Å². The van der Waals surface area contributed by atoms with Crippen LogP contribution in [0.4, 0.5) is 5.82 Å². The van der Waals surface area contributed by atoms with Gasteiger partial charge in [-0.25, -0.2) is 22.9 Å². The Morgan fingerprint density at radius 3 is 2.43 bits per heavy atom. The average Bonchev–Trinajstić information content (AvgIpc) is 2.84. The van der Waals surface area contributed by atoms with Crippen LogP contribution in [-0.4, -0.2) is 46.6 Å². The minimum absolute atomic E-state index is 0.222. The van der Waals surface area contributed by atoms with Crippen molar-refractivity contribution in [3.8, 4) is 0 Å². The first-order valence-corrected chi connectivity index (χ1v) is 12.3. The molecule has 6 N–H and O–H groups in total. The molecule has 0 saturated carbocycles. The van der Waals surface area contributed by atoms with Crippen molar-refractivity contribution in [3.63, 3.8) is 0 Å². The van der Waals surface area contributed by atoms with E-state index >= 15 is 0 Å². The largest absolute Gasteiger partial charge is 0.488 e. The maximum Gasteiger partial charge on any atom is 0.488 e. The minimum Gasteiger partial charge on any atom is -0.382 e. The Morgan fingerprint density at radius 1 is 1.18 bits per heavy atom. The third-order valence-electron chi connectivity index (χ3n) is 3.18. The molecule has 28 heavy (non-hydrogen) atoms. The normalized spacial score (nSPS) is 17.9. The molecule has 17 heteroatoms. The highest BCUT2D eigenvalue weighted by Gasteiger charge is 2.39. The van der Waals surface area contributed by atoms with Crippen molar-refractivity contribution in [1.29, 1.82) is 0 Å². The smallest absolute Gasteiger partial charge is 0.382 e. The number of rotatable bonds is 9. The highest BCUT2D eigenvalue weighted by Crippen LogP contribution is 2.65. The molecule has 2 aromatic heterocycles. The predicted octanol–water partition coefficient (Wildman–Crippen LogP) is 0.937. The number of nitrogens with zero attached hydrogens (tertiary/aromatic N) is 3. The summed E-state index contributed by atoms with van der Waals surface area (Å²) in [5.74, 6) is 0.720. The Labute approximate surface area is 158 Å². The number of nitrogen functional groups attached to an aromatic ring is 1. The van der Waals surface area contributed by atoms with Crippen molar-refractivity contribution in [2.24, 2.45) is 0 Å². The van der Waals surface area contributed by atoms with Gasteiger partial charge in [0, 0.05) is 12.1 Å². The molecule has 0 aliphatic carbocycles. The van der Waals surface area contributed by atoms with Crippen LogP contribution in [0.25, 0.3) is 5.52 Å². The summed E-state index contributed by atoms with van der Waals surface area (Å²) in [6, 6.07) is 3.41. The van der Waals surface area contributed by atoms with E-state index < -0.39 is 35.7 Å². The van der Waals surface area contributed by atoms with Gasteiger partial charge in [-0.3, -0.25) is 4.57 Å². The van der Waals surface area contributed by atoms with E-state index in [9.17, 15) is 18.6 Å². The monoisotopic (exact) mass is 460 g/mol. The van der Waals surface area contributed by atoms with Crippen molar-refractivity contribution in [1.82, 2.24) is 14.6 Å². The Hall–Kier alpha value is -1.17. The molecule has 2 aromatic rings. The summed E-state index contributed by atoms with van der Waals surface area (Å²) in [4.78, 5) is 39.7. The number of nitrogens with two attached hydrogens (primary N) is 1. The van der Waals surface area contributed by atoms with E-state index in [2.05, 4.69) is 18.7 Å². The molecule has 0 fully saturated rings. The Kier molecular flexibility index (Phi) is 6.84. The number of phosphoric acid groups is 2. The zero-order chi connectivity index (χ0) is 21.3. The first-order chi connectivity index (χ1) is 12.7. The first kappa shape index (κ1) is 23.1. The van der Waals surface area contributed by atoms with Crippen LogP contribution in [0.5, 0.6) is 0 Å². The highest BCUT2D eigenvalue weighted by atomic mass is 31.3. The van der Waals surface area contributed by atoms with Gasteiger partial charge in [0.05, 0.1) is 6.10 Å². The standard InChI is InChI=1S/C11H19N4O10P3/c1-7(5-9-3-4-10-11(12)13-8(2)14-15(9)10)23-6-26(16,17)24-28(21,22)25-27(18,19)20/h3-4,7H,5-6H2,1-2H3,(H,16,17)(H,21,22)(H2,12,13,14)(H2,18,19,20). The summed E-state index contributed by atoms with van der Waals surface area (Å²) in [5.41, 5.74) is 7.04. The fourth-order valence-electron chi connectivity index (χ4n) is 2.25. The van der Waals surface area contributed by atoms with E-state index in [1.54, 1.807) is 30.5 Å². The van der Waals surface area contributed by atoms with E-state index in [1.807, 2.05) is 0 Å². The summed E-state index contributed by atoms with van der Waals surface area (Å²) >= 11 is 0. The van der Waals surface area contributed by atoms with Crippen LogP contribution >= 0.6 is 23.2 Å². The number of ether oxygens (including phenoxy) is 1. The van der Waals surface area contributed by atoms with E-state index in [0.29, 0.717) is 17.0 Å². The fraction of sp³-hybridized carbons (Fsp3) is 0.455. The van der Waals surface area contributed by atoms with Crippen LogP contribution in [0.3, 0.4) is 0 Å². The van der Waals surface area contributed by atoms with E-state index in [1.165, 1.54) is 0 Å². The Morgan fingerprint density at radius 2 is 1.82 bits per heavy atom. The molecule has 0 amide bonds. The van der Waals surface area contributed by atoms with Gasteiger partial charge in [-0.15, -0.1) is 0 Å². The van der Waals surface area contributed by atoms with Crippen LogP contribution in [0, 0.1) is 6.92 Å². The second kappa shape index (κ2) is 8.29. The first-order valence-electron chi connectivity index (χ1n) is 7.53. The van der Waals surface area contributed by atoms with Crippen LogP contribution in [-0.2, 0) is 33.5 Å². The van der Waals surface area contributed by atoms with Gasteiger partial charge in [0.25, 0.3) is 0 Å². The molecule has 2 heterocycles. The Bertz CT molecular complexity index is 1000. The molecule has 0 bridgehead atoms. The summed E-state index contributed by atoms with van der Waals surface area (Å²) in [6.45, 7) is 3.22. The topological polar surface area (TPSA) is 216 Å². The van der Waals surface area contributed by atoms with Gasteiger partial charge in [0.15, 0.2) is 5.82 Å². The van der Waals surface area contributed by atoms with Gasteiger partial charge in [0.1, 0.15) is 17.7 Å². The van der Waals surface area contributed by atoms with E-state index in [-0.39, 0.29) is 12.2 Å². The number of anilines is 1. The second-order valence-electron chi connectivity index (χ2n) is 5.74. The fourth-order valence-corrected chi connectivity index (χ4v) is 5.63. The van der Waals surface area contributed by atoms with Crippen molar-refractivity contribution in [2.45, 2.75) is 26.4 Å². The molecule has 0 aliphatic rings. The van der Waals surface area contributed by atoms with Crippen LogP contribution in [0.15, 0.2) is 12.1 Å². The van der Waals surface area contributed by atoms with Gasteiger partial charge in [-0.05, 0) is 26.0 Å². The summed E-state index contributed by atoms with van der Waals surface area (Å²) in [6.07, 6.45) is -1.47. The number of hydrogen-bond donors (Lipinski definition) is 5. The molecular formula is C11H19N4O10P3. The molecule has 3 atom stereocenters. The molecule has 0 aliphatic heterocycles. The molecule has 0 spiro atoms. The van der Waals surface area contributed by atoms with Crippen LogP contribution < -0.4 is 5.73 Å². The zero-order valence-corrected chi connectivity index (χ0v) is 17.3. The van der Waals surface area contributed by atoms with E-state index in [4.69, 9.17) is 25.2 Å². The SMILES string of the molecule is Cc1nc(N)c2ccc(CC(C)OCP(=O)(O)OP(=O)(O)OP(=O)(O)O)n2n1. The van der Waals surface area contributed by atoms with Crippen LogP contribution in [0.2, 0.25) is 0 Å². The second-order valence-corrected chi connectivity index (χ2v) is 10.5. The van der Waals surface area contributed by atoms with Crippen molar-refractivity contribution < 1.29 is 46.6 Å². The number of aromatic nitrogens is 3. The third kappa shape index (κ3) is 6.71. The number of fused-ring (bicyclic) bond motifs is 1. The van der Waals surface area contributed by atoms with Gasteiger partial charge < -0.3 is 30.0 Å². The Balaban J connectivity index is 2.00. The molecule has 0 aromatic carbocycles. The molecule has 2 rings (SSSR count). The molecule has 0 radical (unpaired) electrons. The lowest BCUT2D eigenvalue weighted by molar-refractivity contribution is 0.0867. The maximum absolute atomic E-state index is 11.8. The minimum atomic E-state index is -5.49. The highest BCUT2D eigenvalue weighted by molar-refractivity contribution is 7.68. The van der Waals surface area contributed by atoms with Crippen molar-refractivity contribution in [3.05, 3.63) is 23.7 Å². The maximum atomic E-state index is 11.8. The molecule has 0 saturated heterocycles. The van der Waals surface area contributed by atoms with E-state index in [0.717, 1.165) is 0 Å². The van der Waals surface area contributed by atoms with Gasteiger partial charge >= 0.3 is 23.2 Å². The lowest BCUT2D eigenvalue weighted by Gasteiger charge is -2.18. The lowest BCUT2D eigenvalue weighted by atomic mass is 10.2. The van der Waals surface area contributed by atoms with Gasteiger partial charge in [-0.2, -0.15) is 9.41 Å².